The first-order chi connectivity index (χ1) is 17.0. The molecule has 7 nitrogen and oxygen atoms in total. The highest BCUT2D eigenvalue weighted by molar-refractivity contribution is 5.97. The normalized spacial score (nSPS) is 11.1. The third-order valence-corrected chi connectivity index (χ3v) is 6.14. The fourth-order valence-electron chi connectivity index (χ4n) is 4.31. The summed E-state index contributed by atoms with van der Waals surface area (Å²) >= 11 is 0. The maximum absolute atomic E-state index is 12.1. The minimum Gasteiger partial charge on any atom is -0.478 e. The van der Waals surface area contributed by atoms with Crippen molar-refractivity contribution in [2.24, 2.45) is 0 Å². The Labute approximate surface area is 203 Å². The second-order valence-corrected chi connectivity index (χ2v) is 8.43. The van der Waals surface area contributed by atoms with Crippen molar-refractivity contribution in [1.82, 2.24) is 19.7 Å². The van der Waals surface area contributed by atoms with Crippen LogP contribution in [0.4, 0.5) is 11.5 Å². The summed E-state index contributed by atoms with van der Waals surface area (Å²) in [5.41, 5.74) is 7.82. The highest BCUT2D eigenvalue weighted by Crippen LogP contribution is 2.37. The molecule has 0 radical (unpaired) electrons. The number of para-hydroxylation sites is 1. The molecule has 174 valence electrons. The molecule has 0 saturated carbocycles. The molecule has 2 heterocycles. The number of hydrogen-bond acceptors (Lipinski definition) is 5. The van der Waals surface area contributed by atoms with Crippen molar-refractivity contribution in [1.29, 1.82) is 0 Å². The van der Waals surface area contributed by atoms with Gasteiger partial charge in [0.2, 0.25) is 0 Å². The van der Waals surface area contributed by atoms with Crippen molar-refractivity contribution in [3.8, 4) is 16.8 Å². The van der Waals surface area contributed by atoms with E-state index in [1.165, 1.54) is 0 Å². The smallest absolute Gasteiger partial charge is 0.337 e. The fourth-order valence-corrected chi connectivity index (χ4v) is 4.31. The summed E-state index contributed by atoms with van der Waals surface area (Å²) < 4.78 is 1.85. The van der Waals surface area contributed by atoms with Crippen molar-refractivity contribution >= 4 is 28.5 Å². The number of aromatic nitrogens is 4. The van der Waals surface area contributed by atoms with Crippen LogP contribution < -0.4 is 5.32 Å². The minimum absolute atomic E-state index is 0.217. The number of carboxylic acid groups (broad SMARTS) is 1. The van der Waals surface area contributed by atoms with Crippen molar-refractivity contribution < 1.29 is 9.90 Å². The van der Waals surface area contributed by atoms with Crippen LogP contribution in [0.2, 0.25) is 0 Å². The number of nitrogens with one attached hydrogen (secondary N) is 1. The van der Waals surface area contributed by atoms with E-state index in [9.17, 15) is 9.90 Å². The van der Waals surface area contributed by atoms with Crippen LogP contribution >= 0.6 is 0 Å². The number of aromatic carboxylic acids is 1. The molecular weight excluding hydrogens is 438 g/mol. The van der Waals surface area contributed by atoms with Crippen LogP contribution in [0.1, 0.15) is 34.1 Å². The number of carbonyl (C=O) groups is 1. The van der Waals surface area contributed by atoms with E-state index in [4.69, 9.17) is 5.10 Å². The van der Waals surface area contributed by atoms with Gasteiger partial charge < -0.3 is 10.4 Å². The van der Waals surface area contributed by atoms with Crippen LogP contribution in [0.25, 0.3) is 27.8 Å². The van der Waals surface area contributed by atoms with E-state index in [1.807, 2.05) is 80.1 Å². The van der Waals surface area contributed by atoms with Gasteiger partial charge in [-0.2, -0.15) is 5.10 Å². The van der Waals surface area contributed by atoms with Crippen molar-refractivity contribution in [3.05, 3.63) is 95.4 Å². The monoisotopic (exact) mass is 463 g/mol. The molecule has 0 amide bonds. The third-order valence-electron chi connectivity index (χ3n) is 6.14. The van der Waals surface area contributed by atoms with E-state index in [-0.39, 0.29) is 5.56 Å². The average molecular weight is 464 g/mol. The van der Waals surface area contributed by atoms with Gasteiger partial charge >= 0.3 is 5.97 Å². The second kappa shape index (κ2) is 9.02. The second-order valence-electron chi connectivity index (χ2n) is 8.43. The lowest BCUT2D eigenvalue weighted by Crippen LogP contribution is -2.08. The van der Waals surface area contributed by atoms with Crippen molar-refractivity contribution in [2.75, 3.05) is 5.32 Å². The summed E-state index contributed by atoms with van der Waals surface area (Å²) in [5, 5.41) is 18.2. The van der Waals surface area contributed by atoms with Gasteiger partial charge in [-0.25, -0.2) is 9.48 Å². The molecule has 0 atom stereocenters. The first-order valence-electron chi connectivity index (χ1n) is 11.5. The number of rotatable bonds is 6. The zero-order valence-corrected chi connectivity index (χ0v) is 19.8. The fraction of sp³-hybridized carbons (Fsp3) is 0.143. The maximum Gasteiger partial charge on any atom is 0.337 e. The number of nitrogens with zero attached hydrogens (tertiary/aromatic N) is 4. The molecule has 0 fully saturated rings. The van der Waals surface area contributed by atoms with Crippen LogP contribution in [0.5, 0.6) is 0 Å². The first kappa shape index (κ1) is 22.3. The molecule has 0 saturated heterocycles. The predicted molar refractivity (Wildman–Crippen MR) is 138 cm³/mol. The molecule has 5 aromatic rings. The Balaban J connectivity index is 1.75. The van der Waals surface area contributed by atoms with Gasteiger partial charge in [0.15, 0.2) is 0 Å². The molecule has 0 aliphatic heterocycles. The SMILES string of the molecule is CCc1ccc(Nc2c(-c3ccc4nccnc4c3)c(C)nn2-c2ccccc2C)c(C(=O)O)c1. The Morgan fingerprint density at radius 1 is 0.971 bits per heavy atom. The zero-order valence-electron chi connectivity index (χ0n) is 19.8. The summed E-state index contributed by atoms with van der Waals surface area (Å²) in [6.45, 7) is 5.99. The van der Waals surface area contributed by atoms with E-state index in [2.05, 4.69) is 15.3 Å². The highest BCUT2D eigenvalue weighted by Gasteiger charge is 2.22. The number of hydrogen-bond donors (Lipinski definition) is 2. The van der Waals surface area contributed by atoms with Crippen molar-refractivity contribution in [3.63, 3.8) is 0 Å². The summed E-state index contributed by atoms with van der Waals surface area (Å²) in [7, 11) is 0. The zero-order chi connectivity index (χ0) is 24.5. The van der Waals surface area contributed by atoms with Gasteiger partial charge in [-0.1, -0.05) is 37.3 Å². The number of carboxylic acids is 1. The summed E-state index contributed by atoms with van der Waals surface area (Å²) in [6, 6.07) is 19.4. The third kappa shape index (κ3) is 4.12. The molecule has 35 heavy (non-hydrogen) atoms. The van der Waals surface area contributed by atoms with Gasteiger partial charge in [-0.3, -0.25) is 9.97 Å². The number of anilines is 2. The van der Waals surface area contributed by atoms with E-state index in [1.54, 1.807) is 18.5 Å². The van der Waals surface area contributed by atoms with Gasteiger partial charge in [0, 0.05) is 18.0 Å². The van der Waals surface area contributed by atoms with Crippen LogP contribution in [-0.2, 0) is 6.42 Å². The number of benzene rings is 3. The van der Waals surface area contributed by atoms with Crippen LogP contribution in [-0.4, -0.2) is 30.8 Å². The lowest BCUT2D eigenvalue weighted by atomic mass is 10.0. The molecule has 2 N–H and O–H groups in total. The topological polar surface area (TPSA) is 92.9 Å². The van der Waals surface area contributed by atoms with Gasteiger partial charge in [-0.15, -0.1) is 0 Å². The summed E-state index contributed by atoms with van der Waals surface area (Å²) in [6.07, 6.45) is 4.09. The molecule has 0 aliphatic rings. The minimum atomic E-state index is -0.982. The summed E-state index contributed by atoms with van der Waals surface area (Å²) in [4.78, 5) is 21.0. The van der Waals surface area contributed by atoms with Crippen LogP contribution in [0.15, 0.2) is 73.1 Å². The standard InChI is InChI=1S/C28H25N5O2/c1-4-19-9-11-22(21(15-19)28(34)35)31-27-26(20-10-12-23-24(16-20)30-14-13-29-23)18(3)32-33(27)25-8-6-5-7-17(25)2/h5-16,31H,4H2,1-3H3,(H,34,35). The Morgan fingerprint density at radius 2 is 1.74 bits per heavy atom. The number of fused-ring (bicyclic) bond motifs is 1. The predicted octanol–water partition coefficient (Wildman–Crippen LogP) is 6.10. The highest BCUT2D eigenvalue weighted by atomic mass is 16.4. The van der Waals surface area contributed by atoms with Gasteiger partial charge in [-0.05, 0) is 67.3 Å². The molecule has 7 heteroatoms. The van der Waals surface area contributed by atoms with E-state index < -0.39 is 5.97 Å². The quantitative estimate of drug-likeness (QED) is 0.316. The first-order valence-corrected chi connectivity index (χ1v) is 11.5. The van der Waals surface area contributed by atoms with Crippen LogP contribution in [0.3, 0.4) is 0 Å². The molecule has 3 aromatic carbocycles. The average Bonchev–Trinajstić information content (AvgIpc) is 3.19. The Bertz CT molecular complexity index is 1570. The summed E-state index contributed by atoms with van der Waals surface area (Å²) in [5.74, 6) is -0.296. The lowest BCUT2D eigenvalue weighted by Gasteiger charge is -2.16. The van der Waals surface area contributed by atoms with Gasteiger partial charge in [0.05, 0.1) is 33.7 Å². The molecule has 0 unspecified atom stereocenters. The Kier molecular flexibility index (Phi) is 5.74. The van der Waals surface area contributed by atoms with E-state index in [0.29, 0.717) is 11.5 Å². The lowest BCUT2D eigenvalue weighted by molar-refractivity contribution is 0.0698. The van der Waals surface area contributed by atoms with Gasteiger partial charge in [0.25, 0.3) is 0 Å². The van der Waals surface area contributed by atoms with Crippen LogP contribution in [0, 0.1) is 13.8 Å². The number of aryl methyl sites for hydroxylation is 3. The van der Waals surface area contributed by atoms with E-state index >= 15 is 0 Å². The largest absolute Gasteiger partial charge is 0.478 e. The molecule has 5 rings (SSSR count). The van der Waals surface area contributed by atoms with Gasteiger partial charge in [0.1, 0.15) is 5.82 Å². The molecular formula is C28H25N5O2. The molecule has 2 aromatic heterocycles. The van der Waals surface area contributed by atoms with E-state index in [0.717, 1.165) is 51.1 Å². The Morgan fingerprint density at radius 3 is 2.49 bits per heavy atom. The molecule has 0 bridgehead atoms. The molecule has 0 aliphatic carbocycles. The molecule has 0 spiro atoms. The maximum atomic E-state index is 12.1. The van der Waals surface area contributed by atoms with Crippen molar-refractivity contribution in [2.45, 2.75) is 27.2 Å². The Hall–Kier alpha value is -4.52.